The number of carbonyl (C=O) groups excluding carboxylic acids is 2. The summed E-state index contributed by atoms with van der Waals surface area (Å²) in [6.07, 6.45) is 0.909. The first kappa shape index (κ1) is 25.3. The molecule has 0 aliphatic carbocycles. The van der Waals surface area contributed by atoms with Gasteiger partial charge in [0.1, 0.15) is 10.3 Å². The summed E-state index contributed by atoms with van der Waals surface area (Å²) in [5.74, 6) is -1.01. The van der Waals surface area contributed by atoms with Crippen molar-refractivity contribution in [2.24, 2.45) is 0 Å². The van der Waals surface area contributed by atoms with E-state index < -0.39 is 33.9 Å². The Morgan fingerprint density at radius 2 is 1.68 bits per heavy atom. The van der Waals surface area contributed by atoms with E-state index in [9.17, 15) is 18.0 Å². The van der Waals surface area contributed by atoms with Crippen LogP contribution in [-0.4, -0.2) is 54.6 Å². The van der Waals surface area contributed by atoms with E-state index in [1.54, 1.807) is 11.4 Å². The van der Waals surface area contributed by atoms with Crippen molar-refractivity contribution in [1.29, 1.82) is 5.26 Å². The SMILES string of the molecule is N#Cc1ccc(N2C(=O)CC(N(C3CCN(Cc4ccccc4)CC3)S(=O)(=O)c3cccs3)C2=O)cc1. The minimum Gasteiger partial charge on any atom is -0.299 e. The predicted molar refractivity (Wildman–Crippen MR) is 140 cm³/mol. The number of anilines is 1. The zero-order chi connectivity index (χ0) is 26.0. The van der Waals surface area contributed by atoms with Crippen molar-refractivity contribution in [3.8, 4) is 6.07 Å². The molecule has 1 unspecified atom stereocenters. The van der Waals surface area contributed by atoms with Gasteiger partial charge in [-0.25, -0.2) is 13.3 Å². The average Bonchev–Trinajstić information content (AvgIpc) is 3.55. The summed E-state index contributed by atoms with van der Waals surface area (Å²) < 4.78 is 29.1. The molecule has 0 saturated carbocycles. The van der Waals surface area contributed by atoms with Crippen LogP contribution in [0.3, 0.4) is 0 Å². The Morgan fingerprint density at radius 3 is 2.30 bits per heavy atom. The molecular formula is C27H26N4O4S2. The van der Waals surface area contributed by atoms with Crippen LogP contribution >= 0.6 is 11.3 Å². The predicted octanol–water partition coefficient (Wildman–Crippen LogP) is 3.61. The average molecular weight is 535 g/mol. The van der Waals surface area contributed by atoms with E-state index in [2.05, 4.69) is 17.0 Å². The number of amides is 2. The maximum atomic E-state index is 13.8. The molecule has 3 aromatic rings. The quantitative estimate of drug-likeness (QED) is 0.429. The van der Waals surface area contributed by atoms with Crippen molar-refractivity contribution in [3.05, 3.63) is 83.2 Å². The van der Waals surface area contributed by atoms with Crippen molar-refractivity contribution >= 4 is 38.9 Å². The van der Waals surface area contributed by atoms with Gasteiger partial charge in [0.15, 0.2) is 0 Å². The van der Waals surface area contributed by atoms with Crippen molar-refractivity contribution in [2.75, 3.05) is 18.0 Å². The second kappa shape index (κ2) is 10.6. The number of thiophene rings is 1. The molecule has 2 saturated heterocycles. The fourth-order valence-electron chi connectivity index (χ4n) is 5.08. The molecule has 2 fully saturated rings. The number of benzene rings is 2. The highest BCUT2D eigenvalue weighted by Crippen LogP contribution is 2.35. The smallest absolute Gasteiger partial charge is 0.253 e. The van der Waals surface area contributed by atoms with E-state index in [0.717, 1.165) is 22.8 Å². The summed E-state index contributed by atoms with van der Waals surface area (Å²) in [6, 6.07) is 20.0. The van der Waals surface area contributed by atoms with E-state index in [-0.39, 0.29) is 10.6 Å². The van der Waals surface area contributed by atoms with Gasteiger partial charge in [0.05, 0.1) is 23.7 Å². The van der Waals surface area contributed by atoms with Crippen LogP contribution in [0.4, 0.5) is 5.69 Å². The number of imide groups is 1. The molecule has 1 atom stereocenters. The first-order valence-corrected chi connectivity index (χ1v) is 14.4. The van der Waals surface area contributed by atoms with Crippen molar-refractivity contribution in [3.63, 3.8) is 0 Å². The Hall–Kier alpha value is -3.36. The molecule has 3 heterocycles. The fourth-order valence-corrected chi connectivity index (χ4v) is 8.00. The molecule has 0 radical (unpaired) electrons. The number of likely N-dealkylation sites (tertiary alicyclic amines) is 1. The van der Waals surface area contributed by atoms with Crippen LogP contribution in [0.25, 0.3) is 0 Å². The van der Waals surface area contributed by atoms with Gasteiger partial charge in [-0.15, -0.1) is 11.3 Å². The number of sulfonamides is 1. The van der Waals surface area contributed by atoms with Gasteiger partial charge in [0.2, 0.25) is 5.91 Å². The summed E-state index contributed by atoms with van der Waals surface area (Å²) in [5, 5.41) is 10.8. The molecule has 0 N–H and O–H groups in total. The van der Waals surface area contributed by atoms with Crippen LogP contribution < -0.4 is 4.90 Å². The molecular weight excluding hydrogens is 508 g/mol. The lowest BCUT2D eigenvalue weighted by Crippen LogP contribution is -2.53. The summed E-state index contributed by atoms with van der Waals surface area (Å²) in [5.41, 5.74) is 1.94. The van der Waals surface area contributed by atoms with Gasteiger partial charge in [0, 0.05) is 25.7 Å². The summed E-state index contributed by atoms with van der Waals surface area (Å²) >= 11 is 1.11. The second-order valence-electron chi connectivity index (χ2n) is 9.21. The minimum atomic E-state index is -4.00. The largest absolute Gasteiger partial charge is 0.299 e. The summed E-state index contributed by atoms with van der Waals surface area (Å²) in [4.78, 5) is 30.0. The topological polar surface area (TPSA) is 102 Å². The number of hydrogen-bond acceptors (Lipinski definition) is 7. The molecule has 2 aliphatic rings. The van der Waals surface area contributed by atoms with Crippen LogP contribution in [0, 0.1) is 11.3 Å². The van der Waals surface area contributed by atoms with Gasteiger partial charge < -0.3 is 0 Å². The first-order chi connectivity index (χ1) is 17.9. The molecule has 2 aliphatic heterocycles. The fraction of sp³-hybridized carbons (Fsp3) is 0.296. The van der Waals surface area contributed by atoms with Gasteiger partial charge in [-0.2, -0.15) is 9.57 Å². The van der Waals surface area contributed by atoms with Crippen molar-refractivity contribution in [1.82, 2.24) is 9.21 Å². The molecule has 1 aromatic heterocycles. The van der Waals surface area contributed by atoms with Crippen LogP contribution in [0.15, 0.2) is 76.3 Å². The first-order valence-electron chi connectivity index (χ1n) is 12.1. The third-order valence-corrected chi connectivity index (χ3v) is 10.2. The van der Waals surface area contributed by atoms with Gasteiger partial charge in [-0.05, 0) is 54.1 Å². The Kier molecular flexibility index (Phi) is 7.22. The number of hydrogen-bond donors (Lipinski definition) is 0. The Balaban J connectivity index is 1.41. The molecule has 190 valence electrons. The second-order valence-corrected chi connectivity index (χ2v) is 12.2. The highest BCUT2D eigenvalue weighted by Gasteiger charge is 2.50. The van der Waals surface area contributed by atoms with E-state index >= 15 is 0 Å². The van der Waals surface area contributed by atoms with Gasteiger partial charge in [-0.3, -0.25) is 14.5 Å². The third-order valence-electron chi connectivity index (χ3n) is 6.88. The monoisotopic (exact) mass is 534 g/mol. The van der Waals surface area contributed by atoms with Gasteiger partial charge >= 0.3 is 0 Å². The van der Waals surface area contributed by atoms with Gasteiger partial charge in [-0.1, -0.05) is 36.4 Å². The molecule has 0 spiro atoms. The number of nitriles is 1. The molecule has 8 nitrogen and oxygen atoms in total. The number of nitrogens with zero attached hydrogens (tertiary/aromatic N) is 4. The zero-order valence-corrected chi connectivity index (χ0v) is 21.7. The molecule has 2 amide bonds. The van der Waals surface area contributed by atoms with Crippen LogP contribution in [0.5, 0.6) is 0 Å². The normalized spacial score (nSPS) is 19.5. The zero-order valence-electron chi connectivity index (χ0n) is 20.1. The van der Waals surface area contributed by atoms with Crippen LogP contribution in [0.1, 0.15) is 30.4 Å². The highest BCUT2D eigenvalue weighted by atomic mass is 32.2. The Bertz CT molecular complexity index is 1410. The van der Waals surface area contributed by atoms with Crippen molar-refractivity contribution in [2.45, 2.75) is 42.1 Å². The Labute approximate surface area is 220 Å². The molecule has 5 rings (SSSR count). The van der Waals surface area contributed by atoms with E-state index in [4.69, 9.17) is 5.26 Å². The summed E-state index contributed by atoms with van der Waals surface area (Å²) in [7, 11) is -4.00. The van der Waals surface area contributed by atoms with Crippen LogP contribution in [0.2, 0.25) is 0 Å². The lowest BCUT2D eigenvalue weighted by molar-refractivity contribution is -0.122. The lowest BCUT2D eigenvalue weighted by Gasteiger charge is -2.39. The van der Waals surface area contributed by atoms with Crippen molar-refractivity contribution < 1.29 is 18.0 Å². The van der Waals surface area contributed by atoms with E-state index in [0.29, 0.717) is 37.2 Å². The standard InChI is InChI=1S/C27H26N4O4S2/c28-18-20-8-10-22(11-9-20)30-25(32)17-24(27(30)33)31(37(34,35)26-7-4-16-36-26)23-12-14-29(15-13-23)19-21-5-2-1-3-6-21/h1-11,16,23-24H,12-15,17,19H2. The molecule has 37 heavy (non-hydrogen) atoms. The van der Waals surface area contributed by atoms with Crippen LogP contribution in [-0.2, 0) is 26.2 Å². The summed E-state index contributed by atoms with van der Waals surface area (Å²) in [6.45, 7) is 2.15. The molecule has 2 aromatic carbocycles. The molecule has 0 bridgehead atoms. The van der Waals surface area contributed by atoms with Gasteiger partial charge in [0.25, 0.3) is 15.9 Å². The number of carbonyl (C=O) groups is 2. The third kappa shape index (κ3) is 5.08. The maximum absolute atomic E-state index is 13.8. The number of piperidine rings is 1. The lowest BCUT2D eigenvalue weighted by atomic mass is 10.0. The molecule has 10 heteroatoms. The minimum absolute atomic E-state index is 0.163. The Morgan fingerprint density at radius 1 is 0.973 bits per heavy atom. The van der Waals surface area contributed by atoms with E-state index in [1.807, 2.05) is 24.3 Å². The van der Waals surface area contributed by atoms with E-state index in [1.165, 1.54) is 40.2 Å². The maximum Gasteiger partial charge on any atom is 0.253 e. The number of rotatable bonds is 7. The highest BCUT2D eigenvalue weighted by molar-refractivity contribution is 7.91.